The predicted octanol–water partition coefficient (Wildman–Crippen LogP) is 2.10. The third kappa shape index (κ3) is 5.22. The molecule has 0 amide bonds. The molecule has 0 spiro atoms. The lowest BCUT2D eigenvalue weighted by Crippen LogP contribution is -2.39. The molecule has 1 rings (SSSR count). The SMILES string of the molecule is CC.CC(C)OCN1CCC1. The van der Waals surface area contributed by atoms with Gasteiger partial charge in [0.05, 0.1) is 12.8 Å². The highest BCUT2D eigenvalue weighted by atomic mass is 16.5. The summed E-state index contributed by atoms with van der Waals surface area (Å²) in [5.74, 6) is 0. The monoisotopic (exact) mass is 159 g/mol. The van der Waals surface area contributed by atoms with Crippen LogP contribution in [0.2, 0.25) is 0 Å². The first-order chi connectivity index (χ1) is 5.29. The zero-order valence-corrected chi connectivity index (χ0v) is 8.26. The van der Waals surface area contributed by atoms with Crippen molar-refractivity contribution in [3.8, 4) is 0 Å². The number of hydrogen-bond acceptors (Lipinski definition) is 2. The molecule has 0 unspecified atom stereocenters. The molecule has 2 nitrogen and oxygen atoms in total. The van der Waals surface area contributed by atoms with E-state index < -0.39 is 0 Å². The zero-order chi connectivity index (χ0) is 8.69. The lowest BCUT2D eigenvalue weighted by Gasteiger charge is -2.30. The highest BCUT2D eigenvalue weighted by Crippen LogP contribution is 2.05. The number of nitrogens with zero attached hydrogens (tertiary/aromatic N) is 1. The van der Waals surface area contributed by atoms with Crippen LogP contribution in [0.25, 0.3) is 0 Å². The summed E-state index contributed by atoms with van der Waals surface area (Å²) in [4.78, 5) is 2.31. The molecular weight excluding hydrogens is 138 g/mol. The van der Waals surface area contributed by atoms with E-state index in [2.05, 4.69) is 18.7 Å². The predicted molar refractivity (Wildman–Crippen MR) is 48.6 cm³/mol. The van der Waals surface area contributed by atoms with Gasteiger partial charge in [0.25, 0.3) is 0 Å². The summed E-state index contributed by atoms with van der Waals surface area (Å²) in [6.07, 6.45) is 1.73. The lowest BCUT2D eigenvalue weighted by atomic mass is 10.2. The van der Waals surface area contributed by atoms with E-state index in [0.29, 0.717) is 6.10 Å². The Kier molecular flexibility index (Phi) is 6.57. The second-order valence-corrected chi connectivity index (χ2v) is 2.82. The van der Waals surface area contributed by atoms with Gasteiger partial charge in [-0.15, -0.1) is 0 Å². The van der Waals surface area contributed by atoms with Crippen molar-refractivity contribution in [1.82, 2.24) is 4.90 Å². The summed E-state index contributed by atoms with van der Waals surface area (Å²) >= 11 is 0. The maximum atomic E-state index is 5.37. The molecule has 1 heterocycles. The van der Waals surface area contributed by atoms with Crippen LogP contribution in [0.4, 0.5) is 0 Å². The van der Waals surface area contributed by atoms with E-state index in [1.165, 1.54) is 19.5 Å². The molecule has 0 N–H and O–H groups in total. The van der Waals surface area contributed by atoms with Gasteiger partial charge in [-0.1, -0.05) is 13.8 Å². The molecule has 1 saturated heterocycles. The van der Waals surface area contributed by atoms with Crippen LogP contribution in [-0.4, -0.2) is 30.8 Å². The maximum Gasteiger partial charge on any atom is 0.0993 e. The van der Waals surface area contributed by atoms with Crippen molar-refractivity contribution in [3.63, 3.8) is 0 Å². The third-order valence-corrected chi connectivity index (χ3v) is 1.54. The van der Waals surface area contributed by atoms with Gasteiger partial charge in [-0.05, 0) is 20.3 Å². The summed E-state index contributed by atoms with van der Waals surface area (Å²) in [6.45, 7) is 11.4. The molecule has 1 fully saturated rings. The third-order valence-electron chi connectivity index (χ3n) is 1.54. The zero-order valence-electron chi connectivity index (χ0n) is 8.26. The van der Waals surface area contributed by atoms with Crippen LogP contribution in [0.3, 0.4) is 0 Å². The fraction of sp³-hybridized carbons (Fsp3) is 1.00. The van der Waals surface area contributed by atoms with Crippen LogP contribution in [0.1, 0.15) is 34.1 Å². The van der Waals surface area contributed by atoms with E-state index in [1.807, 2.05) is 13.8 Å². The van der Waals surface area contributed by atoms with Gasteiger partial charge in [-0.2, -0.15) is 0 Å². The Balaban J connectivity index is 0.000000461. The minimum Gasteiger partial charge on any atom is -0.363 e. The largest absolute Gasteiger partial charge is 0.363 e. The Bertz CT molecular complexity index is 79.6. The summed E-state index contributed by atoms with van der Waals surface area (Å²) in [7, 11) is 0. The Morgan fingerprint density at radius 2 is 1.82 bits per heavy atom. The van der Waals surface area contributed by atoms with E-state index in [0.717, 1.165) is 6.73 Å². The van der Waals surface area contributed by atoms with E-state index in [9.17, 15) is 0 Å². The van der Waals surface area contributed by atoms with Gasteiger partial charge in [-0.25, -0.2) is 0 Å². The van der Waals surface area contributed by atoms with E-state index in [4.69, 9.17) is 4.74 Å². The molecule has 1 aliphatic rings. The van der Waals surface area contributed by atoms with Crippen LogP contribution in [0.15, 0.2) is 0 Å². The van der Waals surface area contributed by atoms with Crippen LogP contribution >= 0.6 is 0 Å². The van der Waals surface area contributed by atoms with E-state index in [1.54, 1.807) is 0 Å². The first-order valence-corrected chi connectivity index (χ1v) is 4.63. The molecule has 0 atom stereocenters. The summed E-state index contributed by atoms with van der Waals surface area (Å²) < 4.78 is 5.37. The van der Waals surface area contributed by atoms with Gasteiger partial charge in [-0.3, -0.25) is 4.90 Å². The smallest absolute Gasteiger partial charge is 0.0993 e. The number of likely N-dealkylation sites (tertiary alicyclic amines) is 1. The van der Waals surface area contributed by atoms with Crippen LogP contribution < -0.4 is 0 Å². The quantitative estimate of drug-likeness (QED) is 0.625. The molecule has 68 valence electrons. The van der Waals surface area contributed by atoms with Crippen molar-refractivity contribution < 1.29 is 4.74 Å². The first-order valence-electron chi connectivity index (χ1n) is 4.63. The molecule has 0 aromatic rings. The molecule has 2 heteroatoms. The fourth-order valence-corrected chi connectivity index (χ4v) is 0.765. The minimum atomic E-state index is 0.380. The highest BCUT2D eigenvalue weighted by Gasteiger charge is 2.12. The average molecular weight is 159 g/mol. The number of rotatable bonds is 3. The molecule has 0 aliphatic carbocycles. The van der Waals surface area contributed by atoms with Crippen LogP contribution in [0, 0.1) is 0 Å². The summed E-state index contributed by atoms with van der Waals surface area (Å²) in [5.41, 5.74) is 0. The summed E-state index contributed by atoms with van der Waals surface area (Å²) in [5, 5.41) is 0. The number of hydrogen-bond donors (Lipinski definition) is 0. The molecule has 11 heavy (non-hydrogen) atoms. The number of ether oxygens (including phenoxy) is 1. The van der Waals surface area contributed by atoms with E-state index in [-0.39, 0.29) is 0 Å². The van der Waals surface area contributed by atoms with Gasteiger partial charge in [0.2, 0.25) is 0 Å². The Labute approximate surface area is 70.5 Å². The standard InChI is InChI=1S/C7H15NO.C2H6/c1-7(2)9-6-8-4-3-5-8;1-2/h7H,3-6H2,1-2H3;1-2H3. The second kappa shape index (κ2) is 6.62. The van der Waals surface area contributed by atoms with Crippen molar-refractivity contribution in [3.05, 3.63) is 0 Å². The van der Waals surface area contributed by atoms with Crippen molar-refractivity contribution >= 4 is 0 Å². The van der Waals surface area contributed by atoms with E-state index >= 15 is 0 Å². The molecule has 0 aromatic heterocycles. The summed E-state index contributed by atoms with van der Waals surface area (Å²) in [6, 6.07) is 0. The van der Waals surface area contributed by atoms with Gasteiger partial charge < -0.3 is 4.74 Å². The minimum absolute atomic E-state index is 0.380. The van der Waals surface area contributed by atoms with Gasteiger partial charge in [0.1, 0.15) is 0 Å². The average Bonchev–Trinajstić information content (AvgIpc) is 1.88. The van der Waals surface area contributed by atoms with Crippen LogP contribution in [0.5, 0.6) is 0 Å². The fourth-order valence-electron chi connectivity index (χ4n) is 0.765. The molecular formula is C9H21NO. The normalized spacial score (nSPS) is 17.2. The second-order valence-electron chi connectivity index (χ2n) is 2.82. The van der Waals surface area contributed by atoms with Gasteiger partial charge >= 0.3 is 0 Å². The topological polar surface area (TPSA) is 12.5 Å². The first kappa shape index (κ1) is 10.9. The van der Waals surface area contributed by atoms with Crippen molar-refractivity contribution in [2.75, 3.05) is 19.8 Å². The molecule has 0 aromatic carbocycles. The van der Waals surface area contributed by atoms with Crippen molar-refractivity contribution in [2.45, 2.75) is 40.2 Å². The molecule has 0 bridgehead atoms. The Morgan fingerprint density at radius 1 is 1.27 bits per heavy atom. The van der Waals surface area contributed by atoms with Crippen molar-refractivity contribution in [1.29, 1.82) is 0 Å². The molecule has 1 aliphatic heterocycles. The maximum absolute atomic E-state index is 5.37. The van der Waals surface area contributed by atoms with Crippen molar-refractivity contribution in [2.24, 2.45) is 0 Å². The molecule has 0 radical (unpaired) electrons. The highest BCUT2D eigenvalue weighted by molar-refractivity contribution is 4.64. The Morgan fingerprint density at radius 3 is 2.09 bits per heavy atom. The van der Waals surface area contributed by atoms with Gasteiger partial charge in [0.15, 0.2) is 0 Å². The Hall–Kier alpha value is -0.0800. The molecule has 0 saturated carbocycles. The lowest BCUT2D eigenvalue weighted by molar-refractivity contribution is -0.0315. The van der Waals surface area contributed by atoms with Gasteiger partial charge in [0, 0.05) is 13.1 Å². The van der Waals surface area contributed by atoms with Crippen LogP contribution in [-0.2, 0) is 4.74 Å².